The first-order valence-electron chi connectivity index (χ1n) is 7.08. The van der Waals surface area contributed by atoms with E-state index < -0.39 is 0 Å². The fourth-order valence-corrected chi connectivity index (χ4v) is 3.26. The summed E-state index contributed by atoms with van der Waals surface area (Å²) in [4.78, 5) is 2.50. The van der Waals surface area contributed by atoms with Crippen LogP contribution in [0.4, 0.5) is 0 Å². The Hall–Kier alpha value is -0.280. The molecule has 1 aromatic rings. The number of hydrogen-bond acceptors (Lipinski definition) is 2. The standard InChI is InChI=1S/C15H22Cl2N2/c1-2-8-19-9-4-3-5-14(18)15(19)11-6-7-12(16)13(17)10-11/h6-7,10,14-15H,2-5,8-9,18H2,1H3. The van der Waals surface area contributed by atoms with Gasteiger partial charge in [-0.15, -0.1) is 0 Å². The van der Waals surface area contributed by atoms with E-state index in [1.807, 2.05) is 12.1 Å². The lowest BCUT2D eigenvalue weighted by atomic mass is 9.96. The van der Waals surface area contributed by atoms with Gasteiger partial charge in [0.25, 0.3) is 0 Å². The molecule has 1 aromatic carbocycles. The highest BCUT2D eigenvalue weighted by molar-refractivity contribution is 6.42. The molecule has 106 valence electrons. The minimum Gasteiger partial charge on any atom is -0.326 e. The van der Waals surface area contributed by atoms with E-state index in [0.717, 1.165) is 25.9 Å². The fourth-order valence-electron chi connectivity index (χ4n) is 2.96. The molecular weight excluding hydrogens is 279 g/mol. The van der Waals surface area contributed by atoms with Gasteiger partial charge in [-0.25, -0.2) is 0 Å². The monoisotopic (exact) mass is 300 g/mol. The molecule has 1 aliphatic rings. The Kier molecular flexibility index (Phi) is 5.52. The highest BCUT2D eigenvalue weighted by atomic mass is 35.5. The fraction of sp³-hybridized carbons (Fsp3) is 0.600. The van der Waals surface area contributed by atoms with E-state index in [2.05, 4.69) is 17.9 Å². The summed E-state index contributed by atoms with van der Waals surface area (Å²) in [6.45, 7) is 4.41. The molecule has 0 saturated carbocycles. The van der Waals surface area contributed by atoms with E-state index in [-0.39, 0.29) is 12.1 Å². The topological polar surface area (TPSA) is 29.3 Å². The normalized spacial score (nSPS) is 25.3. The summed E-state index contributed by atoms with van der Waals surface area (Å²) in [6, 6.07) is 6.35. The minimum absolute atomic E-state index is 0.172. The van der Waals surface area contributed by atoms with Gasteiger partial charge in [-0.2, -0.15) is 0 Å². The number of nitrogens with zero attached hydrogens (tertiary/aromatic N) is 1. The molecule has 1 heterocycles. The summed E-state index contributed by atoms with van der Waals surface area (Å²) >= 11 is 12.2. The zero-order valence-corrected chi connectivity index (χ0v) is 12.9. The van der Waals surface area contributed by atoms with E-state index >= 15 is 0 Å². The molecule has 1 fully saturated rings. The smallest absolute Gasteiger partial charge is 0.0595 e. The second-order valence-corrected chi connectivity index (χ2v) is 6.13. The molecule has 0 aliphatic carbocycles. The molecule has 0 amide bonds. The first-order valence-corrected chi connectivity index (χ1v) is 7.83. The number of likely N-dealkylation sites (tertiary alicyclic amines) is 1. The Morgan fingerprint density at radius 3 is 2.74 bits per heavy atom. The van der Waals surface area contributed by atoms with E-state index in [0.29, 0.717) is 10.0 Å². The van der Waals surface area contributed by atoms with Crippen molar-refractivity contribution in [2.75, 3.05) is 13.1 Å². The van der Waals surface area contributed by atoms with E-state index in [1.165, 1.54) is 18.4 Å². The van der Waals surface area contributed by atoms with Gasteiger partial charge >= 0.3 is 0 Å². The van der Waals surface area contributed by atoms with Crippen LogP contribution in [0.2, 0.25) is 10.0 Å². The lowest BCUT2D eigenvalue weighted by molar-refractivity contribution is 0.186. The Balaban J connectivity index is 2.31. The summed E-state index contributed by atoms with van der Waals surface area (Å²) in [5, 5.41) is 1.22. The van der Waals surface area contributed by atoms with E-state index in [1.54, 1.807) is 0 Å². The predicted octanol–water partition coefficient (Wildman–Crippen LogP) is 4.26. The summed E-state index contributed by atoms with van der Waals surface area (Å²) in [6.07, 6.45) is 4.65. The summed E-state index contributed by atoms with van der Waals surface area (Å²) < 4.78 is 0. The van der Waals surface area contributed by atoms with Gasteiger partial charge in [0, 0.05) is 12.1 Å². The van der Waals surface area contributed by atoms with E-state index in [9.17, 15) is 0 Å². The van der Waals surface area contributed by atoms with E-state index in [4.69, 9.17) is 28.9 Å². The maximum absolute atomic E-state index is 6.40. The van der Waals surface area contributed by atoms with Gasteiger partial charge in [0.2, 0.25) is 0 Å². The molecule has 2 nitrogen and oxygen atoms in total. The Morgan fingerprint density at radius 2 is 2.05 bits per heavy atom. The van der Waals surface area contributed by atoms with Gasteiger partial charge in [-0.1, -0.05) is 42.6 Å². The average molecular weight is 301 g/mol. The number of nitrogens with two attached hydrogens (primary N) is 1. The van der Waals surface area contributed by atoms with Crippen molar-refractivity contribution in [3.8, 4) is 0 Å². The number of halogens is 2. The Morgan fingerprint density at radius 1 is 1.26 bits per heavy atom. The van der Waals surface area contributed by atoms with Crippen molar-refractivity contribution in [1.82, 2.24) is 4.90 Å². The van der Waals surface area contributed by atoms with Crippen LogP contribution in [0.25, 0.3) is 0 Å². The zero-order chi connectivity index (χ0) is 13.8. The SMILES string of the molecule is CCCN1CCCCC(N)C1c1ccc(Cl)c(Cl)c1. The van der Waals surface area contributed by atoms with Gasteiger partial charge in [0.15, 0.2) is 0 Å². The molecule has 2 atom stereocenters. The molecule has 0 spiro atoms. The molecular formula is C15H22Cl2N2. The Labute approximate surface area is 125 Å². The van der Waals surface area contributed by atoms with Crippen molar-refractivity contribution < 1.29 is 0 Å². The summed E-state index contributed by atoms with van der Waals surface area (Å²) in [7, 11) is 0. The van der Waals surface area contributed by atoms with Gasteiger partial charge in [0.05, 0.1) is 10.0 Å². The molecule has 0 radical (unpaired) electrons. The zero-order valence-electron chi connectivity index (χ0n) is 11.4. The average Bonchev–Trinajstić information content (AvgIpc) is 2.56. The minimum atomic E-state index is 0.172. The van der Waals surface area contributed by atoms with Crippen molar-refractivity contribution in [2.45, 2.75) is 44.7 Å². The number of hydrogen-bond donors (Lipinski definition) is 1. The Bertz CT molecular complexity index is 423. The van der Waals surface area contributed by atoms with Crippen LogP contribution < -0.4 is 5.73 Å². The van der Waals surface area contributed by atoms with Crippen molar-refractivity contribution in [2.24, 2.45) is 5.73 Å². The third-order valence-corrected chi connectivity index (χ3v) is 4.57. The van der Waals surface area contributed by atoms with Crippen LogP contribution >= 0.6 is 23.2 Å². The van der Waals surface area contributed by atoms with Crippen LogP contribution in [0.15, 0.2) is 18.2 Å². The van der Waals surface area contributed by atoms with Gasteiger partial charge < -0.3 is 5.73 Å². The maximum Gasteiger partial charge on any atom is 0.0595 e. The van der Waals surface area contributed by atoms with Crippen LogP contribution in [-0.4, -0.2) is 24.0 Å². The lowest BCUT2D eigenvalue weighted by Crippen LogP contribution is -2.40. The molecule has 19 heavy (non-hydrogen) atoms. The molecule has 2 unspecified atom stereocenters. The van der Waals surface area contributed by atoms with Crippen molar-refractivity contribution >= 4 is 23.2 Å². The van der Waals surface area contributed by atoms with Crippen LogP contribution in [0.1, 0.15) is 44.2 Å². The van der Waals surface area contributed by atoms with Crippen LogP contribution in [-0.2, 0) is 0 Å². The van der Waals surface area contributed by atoms with Crippen molar-refractivity contribution in [3.63, 3.8) is 0 Å². The molecule has 2 N–H and O–H groups in total. The molecule has 2 rings (SSSR count). The molecule has 1 aliphatic heterocycles. The third kappa shape index (κ3) is 3.63. The molecule has 4 heteroatoms. The van der Waals surface area contributed by atoms with Crippen LogP contribution in [0.3, 0.4) is 0 Å². The third-order valence-electron chi connectivity index (χ3n) is 3.83. The largest absolute Gasteiger partial charge is 0.326 e. The maximum atomic E-state index is 6.40. The number of benzene rings is 1. The summed E-state index contributed by atoms with van der Waals surface area (Å²) in [5.41, 5.74) is 7.59. The molecule has 0 bridgehead atoms. The number of rotatable bonds is 3. The first kappa shape index (κ1) is 15.1. The highest BCUT2D eigenvalue weighted by Crippen LogP contribution is 2.33. The molecule has 0 aromatic heterocycles. The van der Waals surface area contributed by atoms with Crippen LogP contribution in [0.5, 0.6) is 0 Å². The van der Waals surface area contributed by atoms with Crippen molar-refractivity contribution in [1.29, 1.82) is 0 Å². The van der Waals surface area contributed by atoms with Gasteiger partial charge in [-0.05, 0) is 50.0 Å². The summed E-state index contributed by atoms with van der Waals surface area (Å²) in [5.74, 6) is 0. The second-order valence-electron chi connectivity index (χ2n) is 5.31. The van der Waals surface area contributed by atoms with Gasteiger partial charge in [0.1, 0.15) is 0 Å². The van der Waals surface area contributed by atoms with Gasteiger partial charge in [-0.3, -0.25) is 4.90 Å². The second kappa shape index (κ2) is 6.94. The highest BCUT2D eigenvalue weighted by Gasteiger charge is 2.28. The first-order chi connectivity index (χ1) is 9.13. The van der Waals surface area contributed by atoms with Crippen LogP contribution in [0, 0.1) is 0 Å². The predicted molar refractivity (Wildman–Crippen MR) is 82.9 cm³/mol. The molecule has 1 saturated heterocycles. The lowest BCUT2D eigenvalue weighted by Gasteiger charge is -2.33. The quantitative estimate of drug-likeness (QED) is 0.904. The van der Waals surface area contributed by atoms with Crippen molar-refractivity contribution in [3.05, 3.63) is 33.8 Å².